The number of amides is 1. The quantitative estimate of drug-likeness (QED) is 0.874. The first kappa shape index (κ1) is 15.7. The predicted octanol–water partition coefficient (Wildman–Crippen LogP) is 4.66. The van der Waals surface area contributed by atoms with E-state index < -0.39 is 0 Å². The van der Waals surface area contributed by atoms with Gasteiger partial charge in [-0.3, -0.25) is 4.79 Å². The molecule has 3 rings (SSSR count). The molecule has 0 aromatic heterocycles. The Morgan fingerprint density at radius 1 is 1.13 bits per heavy atom. The van der Waals surface area contributed by atoms with Crippen molar-refractivity contribution in [3.8, 4) is 11.1 Å². The van der Waals surface area contributed by atoms with Crippen molar-refractivity contribution in [1.29, 1.82) is 0 Å². The highest BCUT2D eigenvalue weighted by atomic mass is 19.1. The van der Waals surface area contributed by atoms with Crippen molar-refractivity contribution in [2.45, 2.75) is 44.6 Å². The minimum atomic E-state index is -0.338. The molecule has 2 aromatic rings. The average Bonchev–Trinajstić information content (AvgIpc) is 3.07. The molecule has 3 heteroatoms. The maximum atomic E-state index is 14.4. The van der Waals surface area contributed by atoms with Crippen LogP contribution in [-0.4, -0.2) is 11.9 Å². The van der Waals surface area contributed by atoms with E-state index >= 15 is 0 Å². The Morgan fingerprint density at radius 2 is 1.83 bits per heavy atom. The lowest BCUT2D eigenvalue weighted by molar-refractivity contribution is -0.122. The number of benzene rings is 2. The van der Waals surface area contributed by atoms with Gasteiger partial charge in [-0.1, -0.05) is 55.3 Å². The van der Waals surface area contributed by atoms with E-state index in [9.17, 15) is 9.18 Å². The van der Waals surface area contributed by atoms with Crippen LogP contribution in [0, 0.1) is 5.82 Å². The lowest BCUT2D eigenvalue weighted by Gasteiger charge is -2.17. The van der Waals surface area contributed by atoms with Crippen molar-refractivity contribution in [2.75, 3.05) is 0 Å². The summed E-state index contributed by atoms with van der Waals surface area (Å²) in [4.78, 5) is 12.3. The van der Waals surface area contributed by atoms with E-state index in [1.165, 1.54) is 18.9 Å². The summed E-state index contributed by atoms with van der Waals surface area (Å²) in [6, 6.07) is 14.8. The highest BCUT2D eigenvalue weighted by molar-refractivity contribution is 5.83. The molecule has 0 spiro atoms. The van der Waals surface area contributed by atoms with Gasteiger partial charge < -0.3 is 5.32 Å². The van der Waals surface area contributed by atoms with Gasteiger partial charge in [-0.15, -0.1) is 0 Å². The Morgan fingerprint density at radius 3 is 2.48 bits per heavy atom. The highest BCUT2D eigenvalue weighted by Gasteiger charge is 2.22. The van der Waals surface area contributed by atoms with Gasteiger partial charge in [-0.05, 0) is 37.0 Å². The van der Waals surface area contributed by atoms with Gasteiger partial charge in [0.05, 0.1) is 5.92 Å². The molecule has 1 atom stereocenters. The Kier molecular flexibility index (Phi) is 4.75. The number of carbonyl (C=O) groups excluding carboxylic acids is 1. The molecule has 1 fully saturated rings. The number of hydrogen-bond donors (Lipinski definition) is 1. The molecule has 1 saturated carbocycles. The first-order valence-corrected chi connectivity index (χ1v) is 8.30. The summed E-state index contributed by atoms with van der Waals surface area (Å²) in [6.07, 6.45) is 4.47. The molecule has 0 aliphatic heterocycles. The third-order valence-corrected chi connectivity index (χ3v) is 4.67. The molecular weight excluding hydrogens is 289 g/mol. The smallest absolute Gasteiger partial charge is 0.227 e. The van der Waals surface area contributed by atoms with Crippen LogP contribution in [0.5, 0.6) is 0 Å². The molecule has 2 aromatic carbocycles. The van der Waals surface area contributed by atoms with Crippen molar-refractivity contribution < 1.29 is 9.18 Å². The van der Waals surface area contributed by atoms with Gasteiger partial charge >= 0.3 is 0 Å². The van der Waals surface area contributed by atoms with Crippen molar-refractivity contribution in [3.05, 3.63) is 59.9 Å². The van der Waals surface area contributed by atoms with Gasteiger partial charge in [0.1, 0.15) is 5.82 Å². The van der Waals surface area contributed by atoms with Crippen molar-refractivity contribution in [2.24, 2.45) is 0 Å². The van der Waals surface area contributed by atoms with Crippen LogP contribution in [0.1, 0.15) is 44.1 Å². The van der Waals surface area contributed by atoms with Crippen LogP contribution in [0.2, 0.25) is 0 Å². The maximum Gasteiger partial charge on any atom is 0.227 e. The second kappa shape index (κ2) is 6.95. The van der Waals surface area contributed by atoms with E-state index in [4.69, 9.17) is 0 Å². The minimum absolute atomic E-state index is 0.0104. The molecule has 23 heavy (non-hydrogen) atoms. The van der Waals surface area contributed by atoms with Crippen LogP contribution in [0.3, 0.4) is 0 Å². The van der Waals surface area contributed by atoms with E-state index in [0.717, 1.165) is 24.0 Å². The van der Waals surface area contributed by atoms with Crippen LogP contribution >= 0.6 is 0 Å². The third kappa shape index (κ3) is 3.61. The molecule has 1 amide bonds. The number of nitrogens with one attached hydrogen (secondary N) is 1. The lowest BCUT2D eigenvalue weighted by atomic mass is 9.96. The summed E-state index contributed by atoms with van der Waals surface area (Å²) in [5.74, 6) is -0.632. The van der Waals surface area contributed by atoms with Crippen LogP contribution in [-0.2, 0) is 4.79 Å². The number of rotatable bonds is 4. The molecule has 120 valence electrons. The molecule has 0 unspecified atom stereocenters. The Bertz CT molecular complexity index is 677. The molecule has 0 radical (unpaired) electrons. The fraction of sp³-hybridized carbons (Fsp3) is 0.350. The zero-order valence-electron chi connectivity index (χ0n) is 13.4. The number of halogens is 1. The standard InChI is InChI=1S/C20H22FNO/c1-14(20(23)22-17-9-5-6-10-17)16-11-12-18(19(21)13-16)15-7-3-2-4-8-15/h2-4,7-8,11-14,17H,5-6,9-10H2,1H3,(H,22,23)/t14-/m1/s1. The molecule has 0 bridgehead atoms. The fourth-order valence-corrected chi connectivity index (χ4v) is 3.20. The Balaban J connectivity index is 1.75. The van der Waals surface area contributed by atoms with Gasteiger partial charge in [-0.25, -0.2) is 4.39 Å². The molecular formula is C20H22FNO. The average molecular weight is 311 g/mol. The summed E-state index contributed by atoms with van der Waals surface area (Å²) in [6.45, 7) is 1.83. The first-order valence-electron chi connectivity index (χ1n) is 8.30. The first-order chi connectivity index (χ1) is 11.1. The zero-order valence-corrected chi connectivity index (χ0v) is 13.4. The van der Waals surface area contributed by atoms with E-state index in [2.05, 4.69) is 5.32 Å². The summed E-state index contributed by atoms with van der Waals surface area (Å²) < 4.78 is 14.4. The van der Waals surface area contributed by atoms with Crippen molar-refractivity contribution in [1.82, 2.24) is 5.32 Å². The second-order valence-electron chi connectivity index (χ2n) is 6.32. The molecule has 2 nitrogen and oxygen atoms in total. The summed E-state index contributed by atoms with van der Waals surface area (Å²) in [5.41, 5.74) is 2.13. The van der Waals surface area contributed by atoms with Gasteiger partial charge in [0.15, 0.2) is 0 Å². The van der Waals surface area contributed by atoms with Crippen LogP contribution < -0.4 is 5.32 Å². The topological polar surface area (TPSA) is 29.1 Å². The van der Waals surface area contributed by atoms with Gasteiger partial charge in [-0.2, -0.15) is 0 Å². The Hall–Kier alpha value is -2.16. The van der Waals surface area contributed by atoms with E-state index in [1.807, 2.05) is 43.3 Å². The SMILES string of the molecule is C[C@@H](C(=O)NC1CCCC1)c1ccc(-c2ccccc2)c(F)c1. The molecule has 0 heterocycles. The number of carbonyl (C=O) groups is 1. The summed E-state index contributed by atoms with van der Waals surface area (Å²) >= 11 is 0. The van der Waals surface area contributed by atoms with E-state index in [0.29, 0.717) is 11.6 Å². The molecule has 0 saturated heterocycles. The zero-order chi connectivity index (χ0) is 16.2. The van der Waals surface area contributed by atoms with Crippen LogP contribution in [0.4, 0.5) is 4.39 Å². The van der Waals surface area contributed by atoms with Crippen molar-refractivity contribution >= 4 is 5.91 Å². The van der Waals surface area contributed by atoms with Gasteiger partial charge in [0, 0.05) is 11.6 Å². The summed E-state index contributed by atoms with van der Waals surface area (Å²) in [5, 5.41) is 3.08. The lowest BCUT2D eigenvalue weighted by Crippen LogP contribution is -2.35. The van der Waals surface area contributed by atoms with Gasteiger partial charge in [0.25, 0.3) is 0 Å². The minimum Gasteiger partial charge on any atom is -0.353 e. The normalized spacial score (nSPS) is 16.3. The molecule has 1 aliphatic carbocycles. The molecule has 1 aliphatic rings. The predicted molar refractivity (Wildman–Crippen MR) is 90.6 cm³/mol. The second-order valence-corrected chi connectivity index (χ2v) is 6.32. The van der Waals surface area contributed by atoms with Crippen molar-refractivity contribution in [3.63, 3.8) is 0 Å². The Labute approximate surface area is 136 Å². The largest absolute Gasteiger partial charge is 0.353 e. The number of hydrogen-bond acceptors (Lipinski definition) is 1. The third-order valence-electron chi connectivity index (χ3n) is 4.67. The maximum absolute atomic E-state index is 14.4. The fourth-order valence-electron chi connectivity index (χ4n) is 3.20. The molecule has 1 N–H and O–H groups in total. The van der Waals surface area contributed by atoms with Crippen LogP contribution in [0.25, 0.3) is 11.1 Å². The van der Waals surface area contributed by atoms with E-state index in [-0.39, 0.29) is 17.6 Å². The highest BCUT2D eigenvalue weighted by Crippen LogP contribution is 2.27. The summed E-state index contributed by atoms with van der Waals surface area (Å²) in [7, 11) is 0. The van der Waals surface area contributed by atoms with E-state index in [1.54, 1.807) is 6.07 Å². The van der Waals surface area contributed by atoms with Crippen LogP contribution in [0.15, 0.2) is 48.5 Å². The van der Waals surface area contributed by atoms with Gasteiger partial charge in [0.2, 0.25) is 5.91 Å². The monoisotopic (exact) mass is 311 g/mol.